The molecule has 0 saturated carbocycles. The molecule has 1 amide bonds. The maximum Gasteiger partial charge on any atom is 0.237 e. The molecule has 142 valence electrons. The molecule has 0 radical (unpaired) electrons. The average molecular weight is 365 g/mol. The Morgan fingerprint density at radius 1 is 1.04 bits per heavy atom. The van der Waals surface area contributed by atoms with Gasteiger partial charge in [-0.25, -0.2) is 0 Å². The Morgan fingerprint density at radius 2 is 1.85 bits per heavy atom. The summed E-state index contributed by atoms with van der Waals surface area (Å²) in [5.41, 5.74) is 3.34. The third kappa shape index (κ3) is 4.54. The normalized spacial score (nSPS) is 20.7. The highest BCUT2D eigenvalue weighted by atomic mass is 16.5. The number of nitrogens with zero attached hydrogens (tertiary/aromatic N) is 3. The van der Waals surface area contributed by atoms with E-state index in [1.54, 1.807) is 0 Å². The molecule has 2 aliphatic rings. The summed E-state index contributed by atoms with van der Waals surface area (Å²) in [5.74, 6) is 0.217. The van der Waals surface area contributed by atoms with E-state index in [2.05, 4.69) is 47.4 Å². The predicted molar refractivity (Wildman–Crippen MR) is 104 cm³/mol. The molecule has 0 aliphatic carbocycles. The lowest BCUT2D eigenvalue weighted by Crippen LogP contribution is -2.44. The maximum atomic E-state index is 12.9. The lowest BCUT2D eigenvalue weighted by atomic mass is 10.1. The molecule has 2 aromatic rings. The summed E-state index contributed by atoms with van der Waals surface area (Å²) >= 11 is 0. The summed E-state index contributed by atoms with van der Waals surface area (Å²) in [4.78, 5) is 22.0. The zero-order chi connectivity index (χ0) is 18.5. The van der Waals surface area contributed by atoms with Gasteiger partial charge in [-0.05, 0) is 30.5 Å². The number of benzene rings is 1. The van der Waals surface area contributed by atoms with Crippen LogP contribution in [0.1, 0.15) is 35.8 Å². The van der Waals surface area contributed by atoms with Gasteiger partial charge in [-0.15, -0.1) is 0 Å². The van der Waals surface area contributed by atoms with Crippen LogP contribution in [0.25, 0.3) is 0 Å². The van der Waals surface area contributed by atoms with Crippen molar-refractivity contribution >= 4 is 5.91 Å². The molecule has 0 spiro atoms. The zero-order valence-electron chi connectivity index (χ0n) is 15.7. The van der Waals surface area contributed by atoms with Crippen LogP contribution < -0.4 is 0 Å². The quantitative estimate of drug-likeness (QED) is 0.817. The highest BCUT2D eigenvalue weighted by Crippen LogP contribution is 2.31. The zero-order valence-corrected chi connectivity index (χ0v) is 15.7. The summed E-state index contributed by atoms with van der Waals surface area (Å²) in [7, 11) is 0. The first kappa shape index (κ1) is 18.1. The number of pyridine rings is 1. The average Bonchev–Trinajstić information content (AvgIpc) is 3.20. The first-order chi connectivity index (χ1) is 13.3. The van der Waals surface area contributed by atoms with Gasteiger partial charge in [-0.2, -0.15) is 0 Å². The molecule has 1 aromatic carbocycles. The monoisotopic (exact) mass is 365 g/mol. The summed E-state index contributed by atoms with van der Waals surface area (Å²) < 4.78 is 5.38. The number of rotatable bonds is 5. The molecule has 0 bridgehead atoms. The first-order valence-electron chi connectivity index (χ1n) is 9.89. The fourth-order valence-electron chi connectivity index (χ4n) is 4.00. The number of hydrogen-bond acceptors (Lipinski definition) is 4. The van der Waals surface area contributed by atoms with Crippen LogP contribution in [0.5, 0.6) is 0 Å². The Morgan fingerprint density at radius 3 is 2.67 bits per heavy atom. The molecule has 5 nitrogen and oxygen atoms in total. The van der Waals surface area contributed by atoms with Gasteiger partial charge in [-0.1, -0.05) is 36.4 Å². The van der Waals surface area contributed by atoms with Crippen molar-refractivity contribution in [2.45, 2.75) is 25.3 Å². The van der Waals surface area contributed by atoms with E-state index in [1.165, 1.54) is 5.56 Å². The van der Waals surface area contributed by atoms with Crippen LogP contribution in [0.2, 0.25) is 0 Å². The van der Waals surface area contributed by atoms with Crippen molar-refractivity contribution in [3.8, 4) is 0 Å². The molecule has 2 saturated heterocycles. The van der Waals surface area contributed by atoms with Crippen molar-refractivity contribution in [3.05, 3.63) is 65.5 Å². The van der Waals surface area contributed by atoms with Gasteiger partial charge in [0.25, 0.3) is 0 Å². The summed E-state index contributed by atoms with van der Waals surface area (Å²) in [6.45, 7) is 4.45. The summed E-state index contributed by atoms with van der Waals surface area (Å²) in [6, 6.07) is 16.7. The number of amides is 1. The molecule has 5 heteroatoms. The van der Waals surface area contributed by atoms with Crippen molar-refractivity contribution in [3.63, 3.8) is 0 Å². The van der Waals surface area contributed by atoms with E-state index < -0.39 is 0 Å². The van der Waals surface area contributed by atoms with Crippen molar-refractivity contribution < 1.29 is 9.53 Å². The van der Waals surface area contributed by atoms with E-state index in [-0.39, 0.29) is 11.9 Å². The van der Waals surface area contributed by atoms with Crippen LogP contribution in [0.15, 0.2) is 48.5 Å². The van der Waals surface area contributed by atoms with E-state index in [1.807, 2.05) is 11.0 Å². The Kier molecular flexibility index (Phi) is 5.80. The van der Waals surface area contributed by atoms with Crippen molar-refractivity contribution in [2.75, 3.05) is 39.4 Å². The second-order valence-corrected chi connectivity index (χ2v) is 7.35. The van der Waals surface area contributed by atoms with Gasteiger partial charge < -0.3 is 9.64 Å². The Balaban J connectivity index is 1.45. The number of hydrogen-bond donors (Lipinski definition) is 0. The second kappa shape index (κ2) is 8.63. The number of ether oxygens (including phenoxy) is 1. The summed E-state index contributed by atoms with van der Waals surface area (Å²) in [5, 5.41) is 0. The van der Waals surface area contributed by atoms with Crippen LogP contribution in [0.3, 0.4) is 0 Å². The van der Waals surface area contributed by atoms with E-state index in [9.17, 15) is 4.79 Å². The SMILES string of the molecule is O=C(CN1CCOCC1)N1CCC[C@@H]1c1cccc(Cc2ccccc2)n1. The third-order valence-corrected chi connectivity index (χ3v) is 5.43. The van der Waals surface area contributed by atoms with Crippen molar-refractivity contribution in [2.24, 2.45) is 0 Å². The lowest BCUT2D eigenvalue weighted by Gasteiger charge is -2.30. The number of morpholine rings is 1. The second-order valence-electron chi connectivity index (χ2n) is 7.35. The van der Waals surface area contributed by atoms with Gasteiger partial charge in [0.15, 0.2) is 0 Å². The molecule has 3 heterocycles. The van der Waals surface area contributed by atoms with Gasteiger partial charge >= 0.3 is 0 Å². The molecule has 0 N–H and O–H groups in total. The molecule has 1 atom stereocenters. The van der Waals surface area contributed by atoms with E-state index in [0.717, 1.165) is 63.5 Å². The van der Waals surface area contributed by atoms with E-state index in [0.29, 0.717) is 6.54 Å². The first-order valence-corrected chi connectivity index (χ1v) is 9.89. The van der Waals surface area contributed by atoms with Crippen LogP contribution in [-0.2, 0) is 16.0 Å². The molecule has 27 heavy (non-hydrogen) atoms. The fourth-order valence-corrected chi connectivity index (χ4v) is 4.00. The summed E-state index contributed by atoms with van der Waals surface area (Å²) in [6.07, 6.45) is 2.86. The smallest absolute Gasteiger partial charge is 0.237 e. The van der Waals surface area contributed by atoms with Gasteiger partial charge in [0.05, 0.1) is 31.5 Å². The highest BCUT2D eigenvalue weighted by molar-refractivity contribution is 5.79. The number of carbonyl (C=O) groups excluding carboxylic acids is 1. The molecule has 2 fully saturated rings. The standard InChI is InChI=1S/C22H27N3O2/c26-22(17-24-12-14-27-15-13-24)25-11-5-10-21(25)20-9-4-8-19(23-20)16-18-6-2-1-3-7-18/h1-4,6-9,21H,5,10-17H2/t21-/m1/s1. The Hall–Kier alpha value is -2.24. The maximum absolute atomic E-state index is 12.9. The minimum atomic E-state index is 0.106. The molecule has 0 unspecified atom stereocenters. The number of carbonyl (C=O) groups is 1. The minimum absolute atomic E-state index is 0.106. The lowest BCUT2D eigenvalue weighted by molar-refractivity contribution is -0.134. The largest absolute Gasteiger partial charge is 0.379 e. The Labute approximate surface area is 161 Å². The molecule has 1 aromatic heterocycles. The third-order valence-electron chi connectivity index (χ3n) is 5.43. The molecule has 2 aliphatic heterocycles. The van der Waals surface area contributed by atoms with Crippen LogP contribution in [0, 0.1) is 0 Å². The molecular weight excluding hydrogens is 338 g/mol. The predicted octanol–water partition coefficient (Wildman–Crippen LogP) is 2.67. The number of aromatic nitrogens is 1. The van der Waals surface area contributed by atoms with Crippen LogP contribution >= 0.6 is 0 Å². The van der Waals surface area contributed by atoms with Gasteiger partial charge in [0.2, 0.25) is 5.91 Å². The van der Waals surface area contributed by atoms with Crippen LogP contribution in [0.4, 0.5) is 0 Å². The fraction of sp³-hybridized carbons (Fsp3) is 0.455. The molecular formula is C22H27N3O2. The number of likely N-dealkylation sites (tertiary alicyclic amines) is 1. The van der Waals surface area contributed by atoms with Gasteiger partial charge in [0, 0.05) is 31.7 Å². The topological polar surface area (TPSA) is 45.7 Å². The van der Waals surface area contributed by atoms with Crippen LogP contribution in [-0.4, -0.2) is 60.1 Å². The van der Waals surface area contributed by atoms with Gasteiger partial charge in [-0.3, -0.25) is 14.7 Å². The van der Waals surface area contributed by atoms with E-state index >= 15 is 0 Å². The minimum Gasteiger partial charge on any atom is -0.379 e. The highest BCUT2D eigenvalue weighted by Gasteiger charge is 2.31. The molecule has 4 rings (SSSR count). The van der Waals surface area contributed by atoms with Crippen molar-refractivity contribution in [1.29, 1.82) is 0 Å². The van der Waals surface area contributed by atoms with Gasteiger partial charge in [0.1, 0.15) is 0 Å². The van der Waals surface area contributed by atoms with E-state index in [4.69, 9.17) is 9.72 Å². The Bertz CT molecular complexity index is 759. The van der Waals surface area contributed by atoms with Crippen molar-refractivity contribution in [1.82, 2.24) is 14.8 Å².